The maximum Gasteiger partial charge on any atom is 0.317 e. The van der Waals surface area contributed by atoms with Crippen LogP contribution in [0.3, 0.4) is 0 Å². The third-order valence-electron chi connectivity index (χ3n) is 5.22. The van der Waals surface area contributed by atoms with E-state index in [1.54, 1.807) is 11.8 Å². The molecule has 0 aliphatic heterocycles. The second-order valence-corrected chi connectivity index (χ2v) is 8.87. The zero-order chi connectivity index (χ0) is 18.5. The first kappa shape index (κ1) is 19.2. The van der Waals surface area contributed by atoms with Gasteiger partial charge >= 0.3 is 5.97 Å². The normalized spacial score (nSPS) is 23.3. The number of aliphatic carboxylic acids is 1. The van der Waals surface area contributed by atoms with Gasteiger partial charge in [-0.2, -0.15) is 0 Å². The number of carboxylic acid groups (broad SMARTS) is 1. The lowest BCUT2D eigenvalue weighted by molar-refractivity contribution is -0.140. The number of thioether (sulfide) groups is 1. The highest BCUT2D eigenvalue weighted by atomic mass is 32.2. The number of carbonyl (C=O) groups is 2. The Labute approximate surface area is 159 Å². The van der Waals surface area contributed by atoms with E-state index in [0.717, 1.165) is 25.1 Å². The van der Waals surface area contributed by atoms with E-state index in [2.05, 4.69) is 22.3 Å². The molecule has 6 heteroatoms. The van der Waals surface area contributed by atoms with Crippen molar-refractivity contribution in [3.8, 4) is 0 Å². The quantitative estimate of drug-likeness (QED) is 0.657. The van der Waals surface area contributed by atoms with Crippen LogP contribution < -0.4 is 5.32 Å². The van der Waals surface area contributed by atoms with Gasteiger partial charge in [-0.05, 0) is 44.1 Å². The van der Waals surface area contributed by atoms with E-state index in [0.29, 0.717) is 12.0 Å². The van der Waals surface area contributed by atoms with Crippen molar-refractivity contribution < 1.29 is 14.7 Å². The van der Waals surface area contributed by atoms with Crippen molar-refractivity contribution in [1.29, 1.82) is 0 Å². The first-order chi connectivity index (χ1) is 12.5. The van der Waals surface area contributed by atoms with Crippen LogP contribution >= 0.6 is 11.8 Å². The van der Waals surface area contributed by atoms with Crippen LogP contribution in [0.25, 0.3) is 0 Å². The van der Waals surface area contributed by atoms with E-state index in [4.69, 9.17) is 5.11 Å². The van der Waals surface area contributed by atoms with Crippen LogP contribution in [0.2, 0.25) is 0 Å². The van der Waals surface area contributed by atoms with E-state index in [1.807, 2.05) is 25.1 Å². The summed E-state index contributed by atoms with van der Waals surface area (Å²) in [4.78, 5) is 25.5. The molecule has 2 aliphatic carbocycles. The third-order valence-corrected chi connectivity index (χ3v) is 6.43. The smallest absolute Gasteiger partial charge is 0.317 e. The Bertz CT molecular complexity index is 615. The number of hydrogen-bond donors (Lipinski definition) is 2. The number of rotatable bonds is 10. The SMILES string of the molecule is CC(SCc1ccccc1)C(=O)NC1CC(N(CC(=O)O)CC2CC2)C1. The fourth-order valence-electron chi connectivity index (χ4n) is 3.34. The maximum atomic E-state index is 12.4. The zero-order valence-electron chi connectivity index (χ0n) is 15.3. The summed E-state index contributed by atoms with van der Waals surface area (Å²) in [6, 6.07) is 10.6. The summed E-state index contributed by atoms with van der Waals surface area (Å²) < 4.78 is 0. The fourth-order valence-corrected chi connectivity index (χ4v) is 4.20. The standard InChI is InChI=1S/C20H28N2O3S/c1-14(26-13-16-5-3-2-4-6-16)20(25)21-17-9-18(10-17)22(12-19(23)24)11-15-7-8-15/h2-6,14-15,17-18H,7-13H2,1H3,(H,21,25)(H,23,24). The topological polar surface area (TPSA) is 69.6 Å². The van der Waals surface area contributed by atoms with Crippen molar-refractivity contribution in [1.82, 2.24) is 10.2 Å². The molecule has 1 atom stereocenters. The van der Waals surface area contributed by atoms with Gasteiger partial charge in [-0.25, -0.2) is 0 Å². The monoisotopic (exact) mass is 376 g/mol. The Balaban J connectivity index is 1.38. The molecule has 3 rings (SSSR count). The summed E-state index contributed by atoms with van der Waals surface area (Å²) in [5.41, 5.74) is 1.23. The van der Waals surface area contributed by atoms with E-state index >= 15 is 0 Å². The van der Waals surface area contributed by atoms with Crippen LogP contribution in [-0.2, 0) is 15.3 Å². The Morgan fingerprint density at radius 3 is 2.58 bits per heavy atom. The van der Waals surface area contributed by atoms with Crippen LogP contribution in [0.1, 0.15) is 38.2 Å². The lowest BCUT2D eigenvalue weighted by Crippen LogP contribution is -2.56. The third kappa shape index (κ3) is 5.74. The summed E-state index contributed by atoms with van der Waals surface area (Å²) >= 11 is 1.65. The number of nitrogens with one attached hydrogen (secondary N) is 1. The Morgan fingerprint density at radius 1 is 1.27 bits per heavy atom. The molecular weight excluding hydrogens is 348 g/mol. The molecule has 1 amide bonds. The van der Waals surface area contributed by atoms with E-state index in [-0.39, 0.29) is 23.7 Å². The highest BCUT2D eigenvalue weighted by Gasteiger charge is 2.38. The molecule has 0 aromatic heterocycles. The van der Waals surface area contributed by atoms with Gasteiger partial charge in [-0.1, -0.05) is 30.3 Å². The molecule has 1 unspecified atom stereocenters. The van der Waals surface area contributed by atoms with Crippen LogP contribution in [-0.4, -0.2) is 52.3 Å². The van der Waals surface area contributed by atoms with E-state index in [9.17, 15) is 9.59 Å². The van der Waals surface area contributed by atoms with Gasteiger partial charge in [0.1, 0.15) is 0 Å². The van der Waals surface area contributed by atoms with Gasteiger partial charge in [0.2, 0.25) is 5.91 Å². The lowest BCUT2D eigenvalue weighted by atomic mass is 9.85. The summed E-state index contributed by atoms with van der Waals surface area (Å²) in [5.74, 6) is 0.832. The number of benzene rings is 1. The molecule has 1 aromatic carbocycles. The molecule has 0 heterocycles. The molecule has 142 valence electrons. The van der Waals surface area contributed by atoms with Crippen LogP contribution in [0, 0.1) is 5.92 Å². The second-order valence-electron chi connectivity index (χ2n) is 7.54. The average molecular weight is 377 g/mol. The summed E-state index contributed by atoms with van der Waals surface area (Å²) in [6.45, 7) is 2.95. The van der Waals surface area contributed by atoms with E-state index in [1.165, 1.54) is 18.4 Å². The highest BCUT2D eigenvalue weighted by molar-refractivity contribution is 7.99. The molecule has 0 radical (unpaired) electrons. The van der Waals surface area contributed by atoms with Gasteiger partial charge in [-0.3, -0.25) is 14.5 Å². The Kier molecular flexibility index (Phi) is 6.59. The molecular formula is C20H28N2O3S. The van der Waals surface area contributed by atoms with Crippen molar-refractivity contribution in [2.45, 2.75) is 55.7 Å². The molecule has 2 saturated carbocycles. The second kappa shape index (κ2) is 8.91. The van der Waals surface area contributed by atoms with Crippen molar-refractivity contribution in [2.75, 3.05) is 13.1 Å². The molecule has 1 aromatic rings. The number of nitrogens with zero attached hydrogens (tertiary/aromatic N) is 1. The van der Waals surface area contributed by atoms with Crippen molar-refractivity contribution in [3.63, 3.8) is 0 Å². The zero-order valence-corrected chi connectivity index (χ0v) is 16.1. The first-order valence-electron chi connectivity index (χ1n) is 9.43. The average Bonchev–Trinajstić information content (AvgIpc) is 3.39. The minimum atomic E-state index is -0.760. The predicted molar refractivity (Wildman–Crippen MR) is 104 cm³/mol. The molecule has 2 aliphatic rings. The highest BCUT2D eigenvalue weighted by Crippen LogP contribution is 2.34. The Hall–Kier alpha value is -1.53. The molecule has 0 spiro atoms. The maximum absolute atomic E-state index is 12.4. The van der Waals surface area contributed by atoms with Gasteiger partial charge in [0.15, 0.2) is 0 Å². The van der Waals surface area contributed by atoms with Crippen molar-refractivity contribution >= 4 is 23.6 Å². The van der Waals surface area contributed by atoms with Gasteiger partial charge in [-0.15, -0.1) is 11.8 Å². The van der Waals surface area contributed by atoms with Gasteiger partial charge in [0, 0.05) is 24.4 Å². The van der Waals surface area contributed by atoms with Gasteiger partial charge < -0.3 is 10.4 Å². The largest absolute Gasteiger partial charge is 0.480 e. The summed E-state index contributed by atoms with van der Waals surface area (Å²) in [6.07, 6.45) is 4.17. The van der Waals surface area contributed by atoms with Gasteiger partial charge in [0.25, 0.3) is 0 Å². The molecule has 2 fully saturated rings. The molecule has 26 heavy (non-hydrogen) atoms. The van der Waals surface area contributed by atoms with E-state index < -0.39 is 5.97 Å². The lowest BCUT2D eigenvalue weighted by Gasteiger charge is -2.43. The number of carbonyl (C=O) groups excluding carboxylic acids is 1. The summed E-state index contributed by atoms with van der Waals surface area (Å²) in [5, 5.41) is 12.1. The van der Waals surface area contributed by atoms with Crippen LogP contribution in [0.4, 0.5) is 0 Å². The minimum Gasteiger partial charge on any atom is -0.480 e. The molecule has 2 N–H and O–H groups in total. The number of hydrogen-bond acceptors (Lipinski definition) is 4. The van der Waals surface area contributed by atoms with Crippen molar-refractivity contribution in [2.24, 2.45) is 5.92 Å². The number of carboxylic acids is 1. The number of amides is 1. The van der Waals surface area contributed by atoms with Gasteiger partial charge in [0.05, 0.1) is 11.8 Å². The molecule has 5 nitrogen and oxygen atoms in total. The van der Waals surface area contributed by atoms with Crippen LogP contribution in [0.15, 0.2) is 30.3 Å². The molecule has 0 saturated heterocycles. The Morgan fingerprint density at radius 2 is 1.96 bits per heavy atom. The first-order valence-corrected chi connectivity index (χ1v) is 10.5. The fraction of sp³-hybridized carbons (Fsp3) is 0.600. The summed E-state index contributed by atoms with van der Waals surface area (Å²) in [7, 11) is 0. The minimum absolute atomic E-state index is 0.0846. The van der Waals surface area contributed by atoms with Crippen molar-refractivity contribution in [3.05, 3.63) is 35.9 Å². The predicted octanol–water partition coefficient (Wildman–Crippen LogP) is 2.75. The van der Waals surface area contributed by atoms with Crippen LogP contribution in [0.5, 0.6) is 0 Å². The molecule has 0 bridgehead atoms.